The van der Waals surface area contributed by atoms with Crippen molar-refractivity contribution in [3.63, 3.8) is 0 Å². The Labute approximate surface area is 111 Å². The van der Waals surface area contributed by atoms with E-state index in [1.165, 1.54) is 32.5 Å². The predicted molar refractivity (Wildman–Crippen MR) is 73.9 cm³/mol. The fourth-order valence-corrected chi connectivity index (χ4v) is 2.92. The van der Waals surface area contributed by atoms with Gasteiger partial charge in [-0.25, -0.2) is 0 Å². The van der Waals surface area contributed by atoms with E-state index in [1.807, 2.05) is 0 Å². The van der Waals surface area contributed by atoms with Gasteiger partial charge in [0.15, 0.2) is 0 Å². The SMILES string of the molecule is CCN1CCC([C@@H]2C[C@H](S)CN2)C1.Cl.Cl. The zero-order valence-corrected chi connectivity index (χ0v) is 11.7. The highest BCUT2D eigenvalue weighted by molar-refractivity contribution is 7.81. The third-order valence-electron chi connectivity index (χ3n) is 3.47. The van der Waals surface area contributed by atoms with E-state index >= 15 is 0 Å². The standard InChI is InChI=1S/C10H20N2S.2ClH/c1-2-12-4-3-8(7-12)10-5-9(13)6-11-10;;/h8-11,13H,2-7H2,1H3;2*1H/t8?,9-,10-;;/m0../s1. The maximum atomic E-state index is 4.51. The van der Waals surface area contributed by atoms with Crippen LogP contribution in [-0.4, -0.2) is 42.4 Å². The first-order chi connectivity index (χ1) is 6.29. The number of likely N-dealkylation sites (tertiary alicyclic amines) is 1. The van der Waals surface area contributed by atoms with E-state index in [2.05, 4.69) is 29.8 Å². The Kier molecular flexibility index (Phi) is 7.64. The van der Waals surface area contributed by atoms with Crippen LogP contribution in [0.2, 0.25) is 0 Å². The molecule has 0 bridgehead atoms. The van der Waals surface area contributed by atoms with Crippen molar-refractivity contribution in [1.29, 1.82) is 0 Å². The van der Waals surface area contributed by atoms with Gasteiger partial charge in [-0.3, -0.25) is 0 Å². The molecule has 0 amide bonds. The van der Waals surface area contributed by atoms with Gasteiger partial charge in [0.2, 0.25) is 0 Å². The second-order valence-electron chi connectivity index (χ2n) is 4.35. The molecule has 3 atom stereocenters. The van der Waals surface area contributed by atoms with E-state index in [9.17, 15) is 0 Å². The van der Waals surface area contributed by atoms with Gasteiger partial charge in [0.1, 0.15) is 0 Å². The van der Waals surface area contributed by atoms with Crippen LogP contribution in [0, 0.1) is 5.92 Å². The van der Waals surface area contributed by atoms with Crippen molar-refractivity contribution in [1.82, 2.24) is 10.2 Å². The molecule has 0 radical (unpaired) electrons. The third-order valence-corrected chi connectivity index (χ3v) is 3.86. The number of thiol groups is 1. The Balaban J connectivity index is 0.000000980. The molecule has 2 fully saturated rings. The molecule has 2 saturated heterocycles. The molecule has 2 heterocycles. The summed E-state index contributed by atoms with van der Waals surface area (Å²) in [6.07, 6.45) is 2.65. The van der Waals surface area contributed by atoms with Gasteiger partial charge in [0, 0.05) is 24.4 Å². The van der Waals surface area contributed by atoms with Gasteiger partial charge in [0.25, 0.3) is 0 Å². The second kappa shape index (κ2) is 7.23. The minimum atomic E-state index is 0. The molecule has 0 saturated carbocycles. The van der Waals surface area contributed by atoms with Gasteiger partial charge in [0.05, 0.1) is 0 Å². The molecule has 0 aliphatic carbocycles. The van der Waals surface area contributed by atoms with Crippen molar-refractivity contribution in [2.45, 2.75) is 31.1 Å². The van der Waals surface area contributed by atoms with Gasteiger partial charge in [-0.15, -0.1) is 24.8 Å². The lowest BCUT2D eigenvalue weighted by Crippen LogP contribution is -2.32. The van der Waals surface area contributed by atoms with Crippen LogP contribution in [0.5, 0.6) is 0 Å². The molecule has 2 nitrogen and oxygen atoms in total. The number of rotatable bonds is 2. The van der Waals surface area contributed by atoms with E-state index in [0.29, 0.717) is 5.25 Å². The summed E-state index contributed by atoms with van der Waals surface area (Å²) in [5.74, 6) is 0.886. The summed E-state index contributed by atoms with van der Waals surface area (Å²) in [6, 6.07) is 0.749. The largest absolute Gasteiger partial charge is 0.313 e. The Hall–Kier alpha value is 0.850. The van der Waals surface area contributed by atoms with Crippen LogP contribution in [0.25, 0.3) is 0 Å². The minimum absolute atomic E-state index is 0. The van der Waals surface area contributed by atoms with Gasteiger partial charge >= 0.3 is 0 Å². The van der Waals surface area contributed by atoms with E-state index in [1.54, 1.807) is 0 Å². The van der Waals surface area contributed by atoms with Crippen LogP contribution in [0.3, 0.4) is 0 Å². The van der Waals surface area contributed by atoms with E-state index in [4.69, 9.17) is 0 Å². The normalized spacial score (nSPS) is 36.0. The number of hydrogen-bond acceptors (Lipinski definition) is 3. The topological polar surface area (TPSA) is 15.3 Å². The van der Waals surface area contributed by atoms with Crippen LogP contribution in [0.4, 0.5) is 0 Å². The van der Waals surface area contributed by atoms with Crippen LogP contribution >= 0.6 is 37.4 Å². The summed E-state index contributed by atoms with van der Waals surface area (Å²) in [4.78, 5) is 2.55. The first-order valence-corrected chi connectivity index (χ1v) is 5.95. The lowest BCUT2D eigenvalue weighted by molar-refractivity contribution is 0.320. The first-order valence-electron chi connectivity index (χ1n) is 5.43. The number of nitrogens with zero attached hydrogens (tertiary/aromatic N) is 1. The summed E-state index contributed by atoms with van der Waals surface area (Å²) in [5.41, 5.74) is 0. The zero-order chi connectivity index (χ0) is 9.26. The Morgan fingerprint density at radius 3 is 2.60 bits per heavy atom. The van der Waals surface area contributed by atoms with E-state index in [0.717, 1.165) is 18.5 Å². The maximum absolute atomic E-state index is 4.51. The molecule has 2 rings (SSSR count). The summed E-state index contributed by atoms with van der Waals surface area (Å²) in [6.45, 7) is 7.18. The predicted octanol–water partition coefficient (Wildman–Crippen LogP) is 1.83. The molecule has 15 heavy (non-hydrogen) atoms. The molecule has 1 N–H and O–H groups in total. The minimum Gasteiger partial charge on any atom is -0.313 e. The van der Waals surface area contributed by atoms with Gasteiger partial charge < -0.3 is 10.2 Å². The molecule has 2 aliphatic rings. The zero-order valence-electron chi connectivity index (χ0n) is 9.19. The molecule has 1 unspecified atom stereocenters. The smallest absolute Gasteiger partial charge is 0.0157 e. The van der Waals surface area contributed by atoms with Crippen LogP contribution in [0.15, 0.2) is 0 Å². The molecule has 0 aromatic rings. The summed E-state index contributed by atoms with van der Waals surface area (Å²) >= 11 is 4.51. The summed E-state index contributed by atoms with van der Waals surface area (Å²) in [7, 11) is 0. The summed E-state index contributed by atoms with van der Waals surface area (Å²) in [5, 5.41) is 4.19. The van der Waals surface area contributed by atoms with Gasteiger partial charge in [-0.2, -0.15) is 12.6 Å². The van der Waals surface area contributed by atoms with Crippen molar-refractivity contribution in [2.75, 3.05) is 26.2 Å². The van der Waals surface area contributed by atoms with Crippen LogP contribution in [0.1, 0.15) is 19.8 Å². The highest BCUT2D eigenvalue weighted by atomic mass is 35.5. The van der Waals surface area contributed by atoms with Crippen molar-refractivity contribution >= 4 is 37.4 Å². The Bertz CT molecular complexity index is 183. The molecule has 0 spiro atoms. The van der Waals surface area contributed by atoms with Crippen molar-refractivity contribution < 1.29 is 0 Å². The monoisotopic (exact) mass is 272 g/mol. The highest BCUT2D eigenvalue weighted by Gasteiger charge is 2.32. The highest BCUT2D eigenvalue weighted by Crippen LogP contribution is 2.26. The molecular weight excluding hydrogens is 251 g/mol. The fraction of sp³-hybridized carbons (Fsp3) is 1.00. The molecule has 0 aromatic carbocycles. The molecule has 2 aliphatic heterocycles. The molecular formula is C10H22Cl2N2S. The average Bonchev–Trinajstić information content (AvgIpc) is 2.71. The summed E-state index contributed by atoms with van der Waals surface area (Å²) < 4.78 is 0. The lowest BCUT2D eigenvalue weighted by Gasteiger charge is -2.19. The molecule has 5 heteroatoms. The van der Waals surface area contributed by atoms with Gasteiger partial charge in [-0.1, -0.05) is 6.92 Å². The number of nitrogens with one attached hydrogen (secondary N) is 1. The number of hydrogen-bond donors (Lipinski definition) is 2. The van der Waals surface area contributed by atoms with E-state index < -0.39 is 0 Å². The second-order valence-corrected chi connectivity index (χ2v) is 5.08. The van der Waals surface area contributed by atoms with Crippen molar-refractivity contribution in [3.8, 4) is 0 Å². The molecule has 0 aromatic heterocycles. The van der Waals surface area contributed by atoms with Gasteiger partial charge in [-0.05, 0) is 31.8 Å². The Morgan fingerprint density at radius 2 is 2.13 bits per heavy atom. The van der Waals surface area contributed by atoms with E-state index in [-0.39, 0.29) is 24.8 Å². The van der Waals surface area contributed by atoms with Crippen molar-refractivity contribution in [3.05, 3.63) is 0 Å². The Morgan fingerprint density at radius 1 is 1.40 bits per heavy atom. The van der Waals surface area contributed by atoms with Crippen LogP contribution in [-0.2, 0) is 0 Å². The van der Waals surface area contributed by atoms with Crippen LogP contribution < -0.4 is 5.32 Å². The average molecular weight is 273 g/mol. The fourth-order valence-electron chi connectivity index (χ4n) is 2.58. The third kappa shape index (κ3) is 3.97. The molecule has 92 valence electrons. The first kappa shape index (κ1) is 15.9. The maximum Gasteiger partial charge on any atom is 0.0157 e. The van der Waals surface area contributed by atoms with Crippen molar-refractivity contribution in [2.24, 2.45) is 5.92 Å². The quantitative estimate of drug-likeness (QED) is 0.746. The lowest BCUT2D eigenvalue weighted by atomic mass is 9.98. The number of halogens is 2.